The van der Waals surface area contributed by atoms with E-state index in [-0.39, 0.29) is 6.61 Å². The molecule has 0 heterocycles. The number of halogens is 1. The van der Waals surface area contributed by atoms with Crippen molar-refractivity contribution in [2.75, 3.05) is 39.8 Å². The second-order valence-electron chi connectivity index (χ2n) is 7.57. The Morgan fingerprint density at radius 1 is 1.07 bits per heavy atom. The topological polar surface area (TPSA) is 60.9 Å². The summed E-state index contributed by atoms with van der Waals surface area (Å²) in [5, 5.41) is 9.66. The van der Waals surface area contributed by atoms with Gasteiger partial charge >= 0.3 is 0 Å². The average Bonchev–Trinajstić information content (AvgIpc) is 2.67. The molecule has 0 radical (unpaired) electrons. The van der Waals surface area contributed by atoms with Gasteiger partial charge in [0.1, 0.15) is 0 Å². The Morgan fingerprint density at radius 2 is 1.67 bits per heavy atom. The van der Waals surface area contributed by atoms with Gasteiger partial charge in [-0.1, -0.05) is 31.4 Å². The number of hydrogen-bond donors (Lipinski definition) is 1. The molecule has 2 rings (SSSR count). The zero-order valence-electron chi connectivity index (χ0n) is 16.5. The van der Waals surface area contributed by atoms with E-state index < -0.39 is 10.0 Å². The molecule has 1 fully saturated rings. The van der Waals surface area contributed by atoms with Gasteiger partial charge in [-0.3, -0.25) is 0 Å². The van der Waals surface area contributed by atoms with Crippen molar-refractivity contribution in [3.8, 4) is 0 Å². The Hall–Kier alpha value is -0.660. The van der Waals surface area contributed by atoms with Gasteiger partial charge in [0.05, 0.1) is 11.5 Å². The van der Waals surface area contributed by atoms with Gasteiger partial charge in [0.15, 0.2) is 0 Å². The molecule has 0 aliphatic heterocycles. The van der Waals surface area contributed by atoms with Gasteiger partial charge in [0.2, 0.25) is 10.0 Å². The van der Waals surface area contributed by atoms with Crippen molar-refractivity contribution in [3.05, 3.63) is 29.3 Å². The normalized spacial score (nSPS) is 21.1. The molecule has 0 amide bonds. The maximum absolute atomic E-state index is 12.6. The number of likely N-dealkylation sites (N-methyl/N-ethyl adjacent to an activating group) is 1. The second kappa shape index (κ2) is 10.8. The molecule has 1 aliphatic carbocycles. The minimum absolute atomic E-state index is 0.220. The Bertz CT molecular complexity index is 658. The monoisotopic (exact) mass is 416 g/mol. The molecule has 1 aromatic carbocycles. The first kappa shape index (κ1) is 22.6. The molecule has 1 saturated carbocycles. The zero-order valence-corrected chi connectivity index (χ0v) is 18.1. The molecule has 27 heavy (non-hydrogen) atoms. The molecule has 1 aliphatic rings. The van der Waals surface area contributed by atoms with E-state index in [0.717, 1.165) is 38.9 Å². The maximum Gasteiger partial charge on any atom is 0.242 e. The van der Waals surface area contributed by atoms with Crippen molar-refractivity contribution in [2.45, 2.75) is 43.9 Å². The van der Waals surface area contributed by atoms with Crippen LogP contribution in [0.3, 0.4) is 0 Å². The first-order valence-corrected chi connectivity index (χ1v) is 11.7. The molecule has 1 N–H and O–H groups in total. The third-order valence-corrected chi connectivity index (χ3v) is 7.84. The van der Waals surface area contributed by atoms with Gasteiger partial charge in [0, 0.05) is 31.7 Å². The number of aliphatic hydroxyl groups excluding tert-OH is 1. The third kappa shape index (κ3) is 6.71. The lowest BCUT2D eigenvalue weighted by Gasteiger charge is -2.32. The Morgan fingerprint density at radius 3 is 2.22 bits per heavy atom. The summed E-state index contributed by atoms with van der Waals surface area (Å²) in [6.07, 6.45) is 5.62. The Labute approximate surface area is 169 Å². The fourth-order valence-electron chi connectivity index (χ4n) is 3.86. The summed E-state index contributed by atoms with van der Waals surface area (Å²) >= 11 is 5.85. The summed E-state index contributed by atoms with van der Waals surface area (Å²) < 4.78 is 26.7. The molecule has 0 spiro atoms. The minimum atomic E-state index is -3.45. The molecule has 0 bridgehead atoms. The van der Waals surface area contributed by atoms with Gasteiger partial charge < -0.3 is 10.0 Å². The van der Waals surface area contributed by atoms with E-state index in [0.29, 0.717) is 28.3 Å². The van der Waals surface area contributed by atoms with E-state index in [1.165, 1.54) is 17.1 Å². The van der Waals surface area contributed by atoms with Crippen LogP contribution in [0.25, 0.3) is 0 Å². The summed E-state index contributed by atoms with van der Waals surface area (Å²) in [5.41, 5.74) is 0. The molecule has 0 aromatic heterocycles. The van der Waals surface area contributed by atoms with Crippen molar-refractivity contribution < 1.29 is 13.5 Å². The predicted molar refractivity (Wildman–Crippen MR) is 111 cm³/mol. The van der Waals surface area contributed by atoms with Crippen molar-refractivity contribution >= 4 is 21.6 Å². The number of aliphatic hydroxyl groups is 1. The van der Waals surface area contributed by atoms with E-state index >= 15 is 0 Å². The van der Waals surface area contributed by atoms with Crippen LogP contribution >= 0.6 is 11.6 Å². The molecule has 0 atom stereocenters. The van der Waals surface area contributed by atoms with Gasteiger partial charge in [-0.2, -0.15) is 0 Å². The summed E-state index contributed by atoms with van der Waals surface area (Å²) in [5.74, 6) is 1.29. The molecule has 0 saturated heterocycles. The molecular weight excluding hydrogens is 384 g/mol. The first-order valence-electron chi connectivity index (χ1n) is 9.92. The molecule has 0 unspecified atom stereocenters. The zero-order chi connectivity index (χ0) is 19.9. The molecule has 154 valence electrons. The van der Waals surface area contributed by atoms with Crippen LogP contribution < -0.4 is 0 Å². The lowest BCUT2D eigenvalue weighted by atomic mass is 9.80. The predicted octanol–water partition coefficient (Wildman–Crippen LogP) is 3.47. The van der Waals surface area contributed by atoms with E-state index in [1.54, 1.807) is 31.3 Å². The molecule has 7 heteroatoms. The van der Waals surface area contributed by atoms with Crippen molar-refractivity contribution in [1.29, 1.82) is 0 Å². The van der Waals surface area contributed by atoms with E-state index in [1.807, 2.05) is 0 Å². The lowest BCUT2D eigenvalue weighted by Crippen LogP contribution is -2.34. The molecule has 1 aromatic rings. The second-order valence-corrected chi connectivity index (χ2v) is 10.1. The summed E-state index contributed by atoms with van der Waals surface area (Å²) in [7, 11) is -1.79. The van der Waals surface area contributed by atoms with Gasteiger partial charge in [0.25, 0.3) is 0 Å². The fraction of sp³-hybridized carbons (Fsp3) is 0.700. The Kier molecular flexibility index (Phi) is 9.02. The third-order valence-electron chi connectivity index (χ3n) is 5.72. The van der Waals surface area contributed by atoms with Crippen LogP contribution in [0.15, 0.2) is 29.2 Å². The van der Waals surface area contributed by atoms with E-state index in [2.05, 4.69) is 11.8 Å². The summed E-state index contributed by atoms with van der Waals surface area (Å²) in [6.45, 7) is 5.70. The number of sulfonamides is 1. The van der Waals surface area contributed by atoms with Crippen molar-refractivity contribution in [1.82, 2.24) is 9.21 Å². The van der Waals surface area contributed by atoms with Crippen LogP contribution in [0.1, 0.15) is 39.0 Å². The van der Waals surface area contributed by atoms with Crippen LogP contribution in [-0.4, -0.2) is 62.6 Å². The van der Waals surface area contributed by atoms with Gasteiger partial charge in [-0.15, -0.1) is 0 Å². The van der Waals surface area contributed by atoms with Crippen LogP contribution in [0, 0.1) is 11.8 Å². The number of nitrogens with zero attached hydrogens (tertiary/aromatic N) is 2. The largest absolute Gasteiger partial charge is 0.395 e. The van der Waals surface area contributed by atoms with Crippen molar-refractivity contribution in [2.24, 2.45) is 11.8 Å². The maximum atomic E-state index is 12.6. The average molecular weight is 417 g/mol. The molecular formula is C20H33ClN2O3S. The van der Waals surface area contributed by atoms with Crippen LogP contribution in [0.5, 0.6) is 0 Å². The fourth-order valence-corrected chi connectivity index (χ4v) is 5.17. The highest BCUT2D eigenvalue weighted by Crippen LogP contribution is 2.31. The first-order chi connectivity index (χ1) is 12.9. The van der Waals surface area contributed by atoms with Crippen LogP contribution in [-0.2, 0) is 10.0 Å². The SMILES string of the molecule is CCN(CCO)CC1CCC(CCN(C)S(=O)(=O)c2ccc(Cl)cc2)CC1. The summed E-state index contributed by atoms with van der Waals surface area (Å²) in [4.78, 5) is 2.61. The van der Waals surface area contributed by atoms with Crippen LogP contribution in [0.4, 0.5) is 0 Å². The highest BCUT2D eigenvalue weighted by Gasteiger charge is 2.25. The van der Waals surface area contributed by atoms with Gasteiger partial charge in [-0.25, -0.2) is 12.7 Å². The quantitative estimate of drug-likeness (QED) is 0.634. The van der Waals surface area contributed by atoms with Gasteiger partial charge in [-0.05, 0) is 61.9 Å². The summed E-state index contributed by atoms with van der Waals surface area (Å²) in [6, 6.07) is 6.34. The Balaban J connectivity index is 1.78. The van der Waals surface area contributed by atoms with E-state index in [9.17, 15) is 8.42 Å². The number of rotatable bonds is 10. The number of hydrogen-bond acceptors (Lipinski definition) is 4. The van der Waals surface area contributed by atoms with E-state index in [4.69, 9.17) is 16.7 Å². The van der Waals surface area contributed by atoms with Crippen LogP contribution in [0.2, 0.25) is 5.02 Å². The highest BCUT2D eigenvalue weighted by molar-refractivity contribution is 7.89. The van der Waals surface area contributed by atoms with Crippen molar-refractivity contribution in [3.63, 3.8) is 0 Å². The lowest BCUT2D eigenvalue weighted by molar-refractivity contribution is 0.152. The minimum Gasteiger partial charge on any atom is -0.395 e. The smallest absolute Gasteiger partial charge is 0.242 e. The standard InChI is InChI=1S/C20H33ClN2O3S/c1-3-23(14-15-24)16-18-6-4-17(5-7-18)12-13-22(2)27(25,26)20-10-8-19(21)9-11-20/h8-11,17-18,24H,3-7,12-16H2,1-2H3. The molecule has 5 nitrogen and oxygen atoms in total. The highest BCUT2D eigenvalue weighted by atomic mass is 35.5. The number of benzene rings is 1.